The number of pyridine rings is 1. The van der Waals surface area contributed by atoms with Crippen LogP contribution in [0.3, 0.4) is 0 Å². The SMILES string of the molecule is CCCn1c(C)c(C(=O)NC(c2cccc(Cl)c2)C2CC2)c(C)c(Br)c1=O. The van der Waals surface area contributed by atoms with Crippen LogP contribution in [0.2, 0.25) is 5.02 Å². The first-order chi connectivity index (χ1) is 12.8. The van der Waals surface area contributed by atoms with Crippen LogP contribution in [0.15, 0.2) is 33.5 Å². The van der Waals surface area contributed by atoms with E-state index in [0.717, 1.165) is 24.8 Å². The fraction of sp³-hybridized carbons (Fsp3) is 0.429. The third kappa shape index (κ3) is 4.14. The van der Waals surface area contributed by atoms with E-state index in [1.165, 1.54) is 0 Å². The van der Waals surface area contributed by atoms with Gasteiger partial charge in [-0.3, -0.25) is 9.59 Å². The number of carbonyl (C=O) groups is 1. The lowest BCUT2D eigenvalue weighted by atomic mass is 10.0. The number of halogens is 2. The zero-order valence-electron chi connectivity index (χ0n) is 15.8. The molecule has 0 aliphatic heterocycles. The number of hydrogen-bond donors (Lipinski definition) is 1. The molecule has 1 fully saturated rings. The first-order valence-corrected chi connectivity index (χ1v) is 10.5. The Kier molecular flexibility index (Phi) is 6.11. The normalized spacial score (nSPS) is 14.9. The summed E-state index contributed by atoms with van der Waals surface area (Å²) in [7, 11) is 0. The van der Waals surface area contributed by atoms with Gasteiger partial charge in [0, 0.05) is 17.3 Å². The summed E-state index contributed by atoms with van der Waals surface area (Å²) in [5.74, 6) is 0.283. The summed E-state index contributed by atoms with van der Waals surface area (Å²) in [6.07, 6.45) is 3.01. The van der Waals surface area contributed by atoms with Crippen molar-refractivity contribution in [3.05, 3.63) is 66.5 Å². The summed E-state index contributed by atoms with van der Waals surface area (Å²) in [4.78, 5) is 25.8. The number of benzene rings is 1. The molecule has 1 aliphatic rings. The first-order valence-electron chi connectivity index (χ1n) is 9.31. The van der Waals surface area contributed by atoms with Crippen LogP contribution in [0.1, 0.15) is 59.4 Å². The van der Waals surface area contributed by atoms with Crippen LogP contribution < -0.4 is 10.9 Å². The Balaban J connectivity index is 1.99. The van der Waals surface area contributed by atoms with Crippen LogP contribution in [0, 0.1) is 19.8 Å². The van der Waals surface area contributed by atoms with Crippen LogP contribution in [0.5, 0.6) is 0 Å². The smallest absolute Gasteiger partial charge is 0.265 e. The highest BCUT2D eigenvalue weighted by Crippen LogP contribution is 2.41. The van der Waals surface area contributed by atoms with Crippen molar-refractivity contribution in [1.29, 1.82) is 0 Å². The average molecular weight is 452 g/mol. The summed E-state index contributed by atoms with van der Waals surface area (Å²) in [6, 6.07) is 7.60. The van der Waals surface area contributed by atoms with Gasteiger partial charge >= 0.3 is 0 Å². The zero-order chi connectivity index (χ0) is 19.7. The Hall–Kier alpha value is -1.59. The van der Waals surface area contributed by atoms with Gasteiger partial charge in [0.1, 0.15) is 0 Å². The molecular weight excluding hydrogens is 428 g/mol. The van der Waals surface area contributed by atoms with E-state index in [4.69, 9.17) is 11.6 Å². The maximum Gasteiger partial charge on any atom is 0.265 e. The highest BCUT2D eigenvalue weighted by molar-refractivity contribution is 9.10. The molecule has 0 spiro atoms. The molecule has 1 aliphatic carbocycles. The molecule has 1 saturated carbocycles. The highest BCUT2D eigenvalue weighted by Gasteiger charge is 2.34. The van der Waals surface area contributed by atoms with Gasteiger partial charge < -0.3 is 9.88 Å². The third-order valence-electron chi connectivity index (χ3n) is 5.17. The molecule has 1 aromatic carbocycles. The van der Waals surface area contributed by atoms with Gasteiger partial charge in [0.2, 0.25) is 0 Å². The fourth-order valence-electron chi connectivity index (χ4n) is 3.59. The van der Waals surface area contributed by atoms with Crippen LogP contribution in [-0.2, 0) is 6.54 Å². The Bertz CT molecular complexity index is 935. The second-order valence-electron chi connectivity index (χ2n) is 7.20. The monoisotopic (exact) mass is 450 g/mol. The quantitative estimate of drug-likeness (QED) is 0.658. The summed E-state index contributed by atoms with van der Waals surface area (Å²) in [6.45, 7) is 6.26. The molecular formula is C21H24BrClN2O2. The van der Waals surface area contributed by atoms with Gasteiger partial charge in [-0.1, -0.05) is 30.7 Å². The number of nitrogens with zero attached hydrogens (tertiary/aromatic N) is 1. The zero-order valence-corrected chi connectivity index (χ0v) is 18.2. The Morgan fingerprint density at radius 2 is 2.07 bits per heavy atom. The minimum absolute atomic E-state index is 0.0691. The van der Waals surface area contributed by atoms with E-state index < -0.39 is 0 Å². The highest BCUT2D eigenvalue weighted by atomic mass is 79.9. The summed E-state index contributed by atoms with van der Waals surface area (Å²) < 4.78 is 2.13. The van der Waals surface area contributed by atoms with E-state index in [2.05, 4.69) is 21.2 Å². The van der Waals surface area contributed by atoms with E-state index >= 15 is 0 Å². The molecule has 144 valence electrons. The van der Waals surface area contributed by atoms with Gasteiger partial charge in [-0.25, -0.2) is 0 Å². The van der Waals surface area contributed by atoms with E-state index in [9.17, 15) is 9.59 Å². The maximum atomic E-state index is 13.2. The molecule has 0 bridgehead atoms. The van der Waals surface area contributed by atoms with E-state index in [1.807, 2.05) is 45.0 Å². The first kappa shape index (κ1) is 20.2. The molecule has 1 unspecified atom stereocenters. The minimum Gasteiger partial charge on any atom is -0.345 e. The Morgan fingerprint density at radius 1 is 1.37 bits per heavy atom. The van der Waals surface area contributed by atoms with Crippen molar-refractivity contribution < 1.29 is 4.79 Å². The largest absolute Gasteiger partial charge is 0.345 e. The van der Waals surface area contributed by atoms with E-state index in [0.29, 0.717) is 38.8 Å². The maximum absolute atomic E-state index is 13.2. The summed E-state index contributed by atoms with van der Waals surface area (Å²) in [5.41, 5.74) is 2.90. The van der Waals surface area contributed by atoms with Crippen LogP contribution in [0.4, 0.5) is 0 Å². The standard InChI is InChI=1S/C21H24BrClN2O2/c1-4-10-25-13(3)17(12(2)18(22)21(25)27)20(26)24-19(14-8-9-14)15-6-5-7-16(23)11-15/h5-7,11,14,19H,4,8-10H2,1-3H3,(H,24,26). The molecule has 6 heteroatoms. The molecule has 0 saturated heterocycles. The molecule has 1 heterocycles. The van der Waals surface area contributed by atoms with Gasteiger partial charge in [0.05, 0.1) is 16.1 Å². The number of nitrogens with one attached hydrogen (secondary N) is 1. The van der Waals surface area contributed by atoms with Gasteiger partial charge in [0.25, 0.3) is 11.5 Å². The number of rotatable bonds is 6. The summed E-state index contributed by atoms with van der Waals surface area (Å²) >= 11 is 9.54. The Labute approximate surface area is 173 Å². The minimum atomic E-state index is -0.146. The van der Waals surface area contributed by atoms with Crippen LogP contribution in [0.25, 0.3) is 0 Å². The lowest BCUT2D eigenvalue weighted by Gasteiger charge is -2.22. The van der Waals surface area contributed by atoms with Crippen molar-refractivity contribution in [3.8, 4) is 0 Å². The van der Waals surface area contributed by atoms with Crippen molar-refractivity contribution in [1.82, 2.24) is 9.88 Å². The molecule has 1 N–H and O–H groups in total. The van der Waals surface area contributed by atoms with Gasteiger partial charge in [-0.2, -0.15) is 0 Å². The number of aromatic nitrogens is 1. The fourth-order valence-corrected chi connectivity index (χ4v) is 4.20. The van der Waals surface area contributed by atoms with E-state index in [1.54, 1.807) is 4.57 Å². The van der Waals surface area contributed by atoms with E-state index in [-0.39, 0.29) is 17.5 Å². The van der Waals surface area contributed by atoms with Crippen molar-refractivity contribution in [2.45, 2.75) is 52.6 Å². The van der Waals surface area contributed by atoms with Gasteiger partial charge in [-0.15, -0.1) is 0 Å². The molecule has 1 amide bonds. The lowest BCUT2D eigenvalue weighted by Crippen LogP contribution is -2.34. The molecule has 2 aromatic rings. The predicted octanol–water partition coefficient (Wildman–Crippen LogP) is 5.17. The number of amides is 1. The third-order valence-corrected chi connectivity index (χ3v) is 6.33. The molecule has 0 radical (unpaired) electrons. The Morgan fingerprint density at radius 3 is 2.67 bits per heavy atom. The van der Waals surface area contributed by atoms with Gasteiger partial charge in [-0.05, 0) is 78.2 Å². The van der Waals surface area contributed by atoms with Crippen LogP contribution >= 0.6 is 27.5 Å². The molecule has 1 aromatic heterocycles. The molecule has 1 atom stereocenters. The molecule has 3 rings (SSSR count). The van der Waals surface area contributed by atoms with Gasteiger partial charge in [0.15, 0.2) is 0 Å². The lowest BCUT2D eigenvalue weighted by molar-refractivity contribution is 0.0929. The summed E-state index contributed by atoms with van der Waals surface area (Å²) in [5, 5.41) is 3.87. The van der Waals surface area contributed by atoms with Crippen molar-refractivity contribution >= 4 is 33.4 Å². The second kappa shape index (κ2) is 8.19. The van der Waals surface area contributed by atoms with Crippen LogP contribution in [-0.4, -0.2) is 10.5 Å². The predicted molar refractivity (Wildman–Crippen MR) is 113 cm³/mol. The van der Waals surface area contributed by atoms with Crippen molar-refractivity contribution in [2.24, 2.45) is 5.92 Å². The molecule has 4 nitrogen and oxygen atoms in total. The number of carbonyl (C=O) groups excluding carboxylic acids is 1. The number of hydrogen-bond acceptors (Lipinski definition) is 2. The average Bonchev–Trinajstić information content (AvgIpc) is 3.46. The van der Waals surface area contributed by atoms with Crippen molar-refractivity contribution in [3.63, 3.8) is 0 Å². The molecule has 27 heavy (non-hydrogen) atoms. The topological polar surface area (TPSA) is 51.1 Å². The second-order valence-corrected chi connectivity index (χ2v) is 8.43. The van der Waals surface area contributed by atoms with Crippen molar-refractivity contribution in [2.75, 3.05) is 0 Å².